The van der Waals surface area contributed by atoms with Crippen LogP contribution in [0.2, 0.25) is 0 Å². The minimum absolute atomic E-state index is 0.0453. The van der Waals surface area contributed by atoms with Crippen molar-refractivity contribution in [2.45, 2.75) is 38.5 Å². The number of aromatic nitrogens is 2. The van der Waals surface area contributed by atoms with Gasteiger partial charge >= 0.3 is 5.69 Å². The highest BCUT2D eigenvalue weighted by Gasteiger charge is 2.17. The largest absolute Gasteiger partial charge is 0.368 e. The van der Waals surface area contributed by atoms with Crippen molar-refractivity contribution < 1.29 is 4.92 Å². The highest BCUT2D eigenvalue weighted by molar-refractivity contribution is 5.56. The Bertz CT molecular complexity index is 446. The summed E-state index contributed by atoms with van der Waals surface area (Å²) in [5, 5.41) is 13.8. The highest BCUT2D eigenvalue weighted by atomic mass is 16.6. The molecular formula is C12H19N5O2. The fourth-order valence-electron chi connectivity index (χ4n) is 2.55. The molecule has 1 heterocycles. The number of anilines is 2. The summed E-state index contributed by atoms with van der Waals surface area (Å²) in [6.07, 6.45) is 8.62. The van der Waals surface area contributed by atoms with Crippen LogP contribution in [0, 0.1) is 16.0 Å². The van der Waals surface area contributed by atoms with Gasteiger partial charge in [-0.2, -0.15) is 4.98 Å². The summed E-state index contributed by atoms with van der Waals surface area (Å²) < 4.78 is 0. The molecule has 0 spiro atoms. The van der Waals surface area contributed by atoms with Crippen molar-refractivity contribution in [3.8, 4) is 0 Å². The number of nitrogens with one attached hydrogen (secondary N) is 1. The zero-order valence-corrected chi connectivity index (χ0v) is 10.8. The zero-order valence-electron chi connectivity index (χ0n) is 10.8. The number of nitro groups is 1. The molecule has 1 aromatic heterocycles. The maximum atomic E-state index is 10.8. The summed E-state index contributed by atoms with van der Waals surface area (Å²) in [6.45, 7) is 0.674. The number of nitrogens with two attached hydrogens (primary N) is 1. The third-order valence-electron chi connectivity index (χ3n) is 3.54. The van der Waals surface area contributed by atoms with Crippen LogP contribution in [0.4, 0.5) is 17.5 Å². The van der Waals surface area contributed by atoms with Crippen LogP contribution in [0.25, 0.3) is 0 Å². The van der Waals surface area contributed by atoms with Gasteiger partial charge in [0, 0.05) is 6.54 Å². The van der Waals surface area contributed by atoms with Crippen LogP contribution in [0.1, 0.15) is 38.5 Å². The van der Waals surface area contributed by atoms with Gasteiger partial charge in [-0.05, 0) is 18.8 Å². The molecule has 1 aromatic rings. The molecule has 0 amide bonds. The van der Waals surface area contributed by atoms with Crippen LogP contribution in [-0.4, -0.2) is 21.4 Å². The summed E-state index contributed by atoms with van der Waals surface area (Å²) in [5.74, 6) is 1.08. The van der Waals surface area contributed by atoms with Gasteiger partial charge < -0.3 is 11.1 Å². The standard InChI is InChI=1S/C12H19N5O2/c13-12-15-8-10(17(18)19)11(16-12)14-7-3-6-9-4-1-2-5-9/h8-9H,1-7H2,(H3,13,14,15,16). The first kappa shape index (κ1) is 13.5. The lowest BCUT2D eigenvalue weighted by molar-refractivity contribution is -0.384. The van der Waals surface area contributed by atoms with E-state index in [0.717, 1.165) is 18.5 Å². The molecule has 7 nitrogen and oxygen atoms in total. The van der Waals surface area contributed by atoms with Gasteiger partial charge in [0.05, 0.1) is 4.92 Å². The van der Waals surface area contributed by atoms with Crippen molar-refractivity contribution in [1.29, 1.82) is 0 Å². The normalized spacial score (nSPS) is 15.6. The van der Waals surface area contributed by atoms with E-state index >= 15 is 0 Å². The Hall–Kier alpha value is -1.92. The third kappa shape index (κ3) is 3.77. The summed E-state index contributed by atoms with van der Waals surface area (Å²) in [6, 6.07) is 0. The first-order chi connectivity index (χ1) is 9.16. The van der Waals surface area contributed by atoms with Crippen LogP contribution in [-0.2, 0) is 0 Å². The quantitative estimate of drug-likeness (QED) is 0.464. The predicted molar refractivity (Wildman–Crippen MR) is 72.8 cm³/mol. The minimum Gasteiger partial charge on any atom is -0.368 e. The lowest BCUT2D eigenvalue weighted by atomic mass is 10.0. The SMILES string of the molecule is Nc1ncc([N+](=O)[O-])c(NCCCC2CCCC2)n1. The molecule has 2 rings (SSSR count). The number of hydrogen-bond donors (Lipinski definition) is 2. The average molecular weight is 265 g/mol. The Morgan fingerprint density at radius 1 is 1.47 bits per heavy atom. The van der Waals surface area contributed by atoms with Crippen LogP contribution >= 0.6 is 0 Å². The van der Waals surface area contributed by atoms with Gasteiger partial charge in [-0.3, -0.25) is 10.1 Å². The van der Waals surface area contributed by atoms with Crippen molar-refractivity contribution >= 4 is 17.5 Å². The molecule has 104 valence electrons. The van der Waals surface area contributed by atoms with Crippen LogP contribution in [0.3, 0.4) is 0 Å². The van der Waals surface area contributed by atoms with Crippen molar-refractivity contribution in [2.75, 3.05) is 17.6 Å². The first-order valence-corrected chi connectivity index (χ1v) is 6.67. The number of hydrogen-bond acceptors (Lipinski definition) is 6. The van der Waals surface area contributed by atoms with Gasteiger partial charge in [0.2, 0.25) is 11.8 Å². The zero-order chi connectivity index (χ0) is 13.7. The lowest BCUT2D eigenvalue weighted by Crippen LogP contribution is -2.09. The van der Waals surface area contributed by atoms with E-state index in [9.17, 15) is 10.1 Å². The molecule has 1 aliphatic carbocycles. The summed E-state index contributed by atoms with van der Waals surface area (Å²) in [7, 11) is 0. The van der Waals surface area contributed by atoms with Gasteiger partial charge in [-0.1, -0.05) is 25.7 Å². The minimum atomic E-state index is -0.501. The topological polar surface area (TPSA) is 107 Å². The Kier molecular flexibility index (Phi) is 4.48. The van der Waals surface area contributed by atoms with Gasteiger partial charge in [0.15, 0.2) is 0 Å². The fourth-order valence-corrected chi connectivity index (χ4v) is 2.55. The molecule has 3 N–H and O–H groups in total. The Morgan fingerprint density at radius 3 is 2.89 bits per heavy atom. The Balaban J connectivity index is 1.84. The molecule has 19 heavy (non-hydrogen) atoms. The van der Waals surface area contributed by atoms with E-state index in [2.05, 4.69) is 15.3 Å². The summed E-state index contributed by atoms with van der Waals surface area (Å²) in [5.41, 5.74) is 5.32. The second kappa shape index (κ2) is 6.31. The monoisotopic (exact) mass is 265 g/mol. The van der Waals surface area contributed by atoms with E-state index in [1.54, 1.807) is 0 Å². The smallest absolute Gasteiger partial charge is 0.329 e. The number of nitrogen functional groups attached to an aromatic ring is 1. The molecule has 1 fully saturated rings. The summed E-state index contributed by atoms with van der Waals surface area (Å²) >= 11 is 0. The number of nitrogens with zero attached hydrogens (tertiary/aromatic N) is 3. The van der Waals surface area contributed by atoms with E-state index in [1.807, 2.05) is 0 Å². The van der Waals surface area contributed by atoms with Gasteiger partial charge in [-0.15, -0.1) is 0 Å². The van der Waals surface area contributed by atoms with Gasteiger partial charge in [-0.25, -0.2) is 4.98 Å². The van der Waals surface area contributed by atoms with E-state index in [1.165, 1.54) is 32.1 Å². The molecule has 0 aliphatic heterocycles. The Morgan fingerprint density at radius 2 is 2.21 bits per heavy atom. The first-order valence-electron chi connectivity index (χ1n) is 6.67. The predicted octanol–water partition coefficient (Wildman–Crippen LogP) is 2.35. The molecular weight excluding hydrogens is 246 g/mol. The molecule has 0 unspecified atom stereocenters. The molecule has 0 bridgehead atoms. The van der Waals surface area contributed by atoms with E-state index in [4.69, 9.17) is 5.73 Å². The van der Waals surface area contributed by atoms with E-state index in [0.29, 0.717) is 6.54 Å². The average Bonchev–Trinajstić information content (AvgIpc) is 2.87. The molecule has 7 heteroatoms. The number of rotatable bonds is 6. The molecule has 0 radical (unpaired) electrons. The van der Waals surface area contributed by atoms with Gasteiger partial charge in [0.1, 0.15) is 6.20 Å². The second-order valence-electron chi connectivity index (χ2n) is 4.94. The molecule has 0 aromatic carbocycles. The second-order valence-corrected chi connectivity index (χ2v) is 4.94. The highest BCUT2D eigenvalue weighted by Crippen LogP contribution is 2.28. The molecule has 1 aliphatic rings. The van der Waals surface area contributed by atoms with Crippen LogP contribution in [0.5, 0.6) is 0 Å². The van der Waals surface area contributed by atoms with Crippen LogP contribution < -0.4 is 11.1 Å². The molecule has 0 saturated heterocycles. The maximum absolute atomic E-state index is 10.8. The Labute approximate surface area is 111 Å². The van der Waals surface area contributed by atoms with Crippen molar-refractivity contribution in [3.63, 3.8) is 0 Å². The summed E-state index contributed by atoms with van der Waals surface area (Å²) in [4.78, 5) is 17.8. The fraction of sp³-hybridized carbons (Fsp3) is 0.667. The molecule has 0 atom stereocenters. The van der Waals surface area contributed by atoms with E-state index in [-0.39, 0.29) is 17.5 Å². The van der Waals surface area contributed by atoms with E-state index < -0.39 is 4.92 Å². The maximum Gasteiger partial charge on any atom is 0.329 e. The van der Waals surface area contributed by atoms with Crippen molar-refractivity contribution in [1.82, 2.24) is 9.97 Å². The lowest BCUT2D eigenvalue weighted by Gasteiger charge is -2.09. The molecule has 1 saturated carbocycles. The van der Waals surface area contributed by atoms with Crippen molar-refractivity contribution in [2.24, 2.45) is 5.92 Å². The van der Waals surface area contributed by atoms with Crippen molar-refractivity contribution in [3.05, 3.63) is 16.3 Å². The third-order valence-corrected chi connectivity index (χ3v) is 3.54. The van der Waals surface area contributed by atoms with Gasteiger partial charge in [0.25, 0.3) is 0 Å². The van der Waals surface area contributed by atoms with Crippen LogP contribution in [0.15, 0.2) is 6.20 Å².